The number of benzene rings is 2. The third-order valence-corrected chi connectivity index (χ3v) is 3.84. The Labute approximate surface area is 152 Å². The molecule has 0 fully saturated rings. The summed E-state index contributed by atoms with van der Waals surface area (Å²) in [6.07, 6.45) is -0.712. The number of aliphatic hydroxyl groups is 1. The number of amides is 1. The fourth-order valence-corrected chi connectivity index (χ4v) is 2.50. The normalized spacial score (nSPS) is 12.7. The van der Waals surface area contributed by atoms with Crippen molar-refractivity contribution >= 4 is 12.1 Å². The van der Waals surface area contributed by atoms with Gasteiger partial charge in [0, 0.05) is 6.42 Å². The van der Waals surface area contributed by atoms with Gasteiger partial charge in [0.1, 0.15) is 6.61 Å². The molecule has 0 bridgehead atoms. The van der Waals surface area contributed by atoms with Crippen LogP contribution in [0.15, 0.2) is 60.7 Å². The molecule has 0 aromatic heterocycles. The summed E-state index contributed by atoms with van der Waals surface area (Å²) < 4.78 is 10.2. The summed E-state index contributed by atoms with van der Waals surface area (Å²) in [5.41, 5.74) is -0.0140. The van der Waals surface area contributed by atoms with Crippen molar-refractivity contribution in [3.63, 3.8) is 0 Å². The Morgan fingerprint density at radius 3 is 2.08 bits per heavy atom. The molecule has 0 spiro atoms. The summed E-state index contributed by atoms with van der Waals surface area (Å²) in [5.74, 6) is -0.706. The van der Waals surface area contributed by atoms with Crippen LogP contribution in [0.1, 0.15) is 18.1 Å². The molecule has 2 rings (SSSR count). The van der Waals surface area contributed by atoms with Crippen LogP contribution in [0, 0.1) is 0 Å². The second kappa shape index (κ2) is 9.58. The Bertz CT molecular complexity index is 705. The van der Waals surface area contributed by atoms with Crippen molar-refractivity contribution in [2.75, 3.05) is 13.2 Å². The Kier molecular flexibility index (Phi) is 7.17. The number of alkyl carbamates (subject to hydrolysis) is 1. The Hall–Kier alpha value is -2.86. The van der Waals surface area contributed by atoms with Crippen LogP contribution in [0.2, 0.25) is 0 Å². The zero-order valence-corrected chi connectivity index (χ0v) is 14.7. The summed E-state index contributed by atoms with van der Waals surface area (Å²) in [4.78, 5) is 24.7. The molecular formula is C20H23NO5. The summed E-state index contributed by atoms with van der Waals surface area (Å²) in [6, 6.07) is 18.3. The molecule has 2 aromatic carbocycles. The number of ether oxygens (including phenoxy) is 2. The first-order chi connectivity index (χ1) is 12.6. The largest absolute Gasteiger partial charge is 0.464 e. The number of carbonyl (C=O) groups excluding carboxylic acids is 2. The molecule has 26 heavy (non-hydrogen) atoms. The zero-order chi connectivity index (χ0) is 18.8. The predicted octanol–water partition coefficient (Wildman–Crippen LogP) is 2.45. The van der Waals surface area contributed by atoms with Crippen molar-refractivity contribution in [3.05, 3.63) is 71.8 Å². The van der Waals surface area contributed by atoms with Gasteiger partial charge in [-0.2, -0.15) is 0 Å². The van der Waals surface area contributed by atoms with E-state index in [9.17, 15) is 14.7 Å². The fourth-order valence-electron chi connectivity index (χ4n) is 2.50. The molecule has 138 valence electrons. The van der Waals surface area contributed by atoms with Gasteiger partial charge in [-0.05, 0) is 18.1 Å². The van der Waals surface area contributed by atoms with Crippen LogP contribution in [0.5, 0.6) is 0 Å². The number of carbonyl (C=O) groups is 2. The zero-order valence-electron chi connectivity index (χ0n) is 14.7. The van der Waals surface area contributed by atoms with Crippen LogP contribution >= 0.6 is 0 Å². The lowest BCUT2D eigenvalue weighted by Gasteiger charge is -2.30. The molecule has 0 radical (unpaired) electrons. The van der Waals surface area contributed by atoms with Crippen LogP contribution < -0.4 is 5.32 Å². The molecule has 6 nitrogen and oxygen atoms in total. The van der Waals surface area contributed by atoms with Crippen LogP contribution in [0.25, 0.3) is 0 Å². The number of esters is 1. The lowest BCUT2D eigenvalue weighted by molar-refractivity contribution is -0.152. The number of hydrogen-bond donors (Lipinski definition) is 2. The average Bonchev–Trinajstić information content (AvgIpc) is 2.67. The first-order valence-electron chi connectivity index (χ1n) is 8.40. The highest BCUT2D eigenvalue weighted by molar-refractivity contribution is 5.86. The molecule has 0 unspecified atom stereocenters. The lowest BCUT2D eigenvalue weighted by atomic mass is 9.91. The number of rotatable bonds is 8. The second-order valence-electron chi connectivity index (χ2n) is 5.81. The quantitative estimate of drug-likeness (QED) is 0.709. The van der Waals surface area contributed by atoms with Gasteiger partial charge >= 0.3 is 12.1 Å². The average molecular weight is 357 g/mol. The molecule has 0 saturated carbocycles. The lowest BCUT2D eigenvalue weighted by Crippen LogP contribution is -2.59. The van der Waals surface area contributed by atoms with Gasteiger partial charge in [0.25, 0.3) is 0 Å². The molecular weight excluding hydrogens is 334 g/mol. The van der Waals surface area contributed by atoms with Crippen LogP contribution in [-0.2, 0) is 27.3 Å². The van der Waals surface area contributed by atoms with Crippen LogP contribution in [0.4, 0.5) is 4.79 Å². The summed E-state index contributed by atoms with van der Waals surface area (Å²) in [7, 11) is 0. The third kappa shape index (κ3) is 5.32. The topological polar surface area (TPSA) is 84.9 Å². The van der Waals surface area contributed by atoms with Crippen molar-refractivity contribution in [1.29, 1.82) is 0 Å². The van der Waals surface area contributed by atoms with Crippen molar-refractivity contribution in [2.45, 2.75) is 25.5 Å². The first-order valence-corrected chi connectivity index (χ1v) is 8.40. The van der Waals surface area contributed by atoms with Gasteiger partial charge in [0.05, 0.1) is 13.2 Å². The third-order valence-electron chi connectivity index (χ3n) is 3.84. The summed E-state index contributed by atoms with van der Waals surface area (Å²) >= 11 is 0. The summed E-state index contributed by atoms with van der Waals surface area (Å²) in [5, 5.41) is 12.4. The van der Waals surface area contributed by atoms with E-state index in [1.54, 1.807) is 19.1 Å². The van der Waals surface area contributed by atoms with Crippen LogP contribution in [0.3, 0.4) is 0 Å². The summed E-state index contributed by atoms with van der Waals surface area (Å²) in [6.45, 7) is 1.25. The maximum Gasteiger partial charge on any atom is 0.408 e. The maximum atomic E-state index is 12.5. The molecule has 0 aliphatic carbocycles. The van der Waals surface area contributed by atoms with Gasteiger partial charge in [-0.25, -0.2) is 9.59 Å². The highest BCUT2D eigenvalue weighted by Gasteiger charge is 2.41. The Morgan fingerprint density at radius 2 is 1.54 bits per heavy atom. The molecule has 0 saturated heterocycles. The Morgan fingerprint density at radius 1 is 0.962 bits per heavy atom. The first kappa shape index (κ1) is 19.5. The SMILES string of the molecule is CCOC(=O)[C@@](CO)(Cc1ccccc1)NC(=O)OCc1ccccc1. The fraction of sp³-hybridized carbons (Fsp3) is 0.300. The molecule has 1 atom stereocenters. The van der Waals surface area contributed by atoms with E-state index in [1.807, 2.05) is 48.5 Å². The minimum absolute atomic E-state index is 0.0579. The van der Waals surface area contributed by atoms with E-state index in [-0.39, 0.29) is 19.6 Å². The molecule has 0 aliphatic heterocycles. The van der Waals surface area contributed by atoms with Gasteiger partial charge in [-0.1, -0.05) is 60.7 Å². The monoisotopic (exact) mass is 357 g/mol. The maximum absolute atomic E-state index is 12.5. The van der Waals surface area contributed by atoms with Crippen LogP contribution in [-0.4, -0.2) is 35.9 Å². The van der Waals surface area contributed by atoms with Gasteiger partial charge in [0.15, 0.2) is 5.54 Å². The number of hydrogen-bond acceptors (Lipinski definition) is 5. The minimum atomic E-state index is -1.61. The Balaban J connectivity index is 2.11. The second-order valence-corrected chi connectivity index (χ2v) is 5.81. The molecule has 6 heteroatoms. The van der Waals surface area contributed by atoms with E-state index in [4.69, 9.17) is 9.47 Å². The van der Waals surface area contributed by atoms with E-state index in [0.717, 1.165) is 11.1 Å². The smallest absolute Gasteiger partial charge is 0.408 e. The minimum Gasteiger partial charge on any atom is -0.464 e. The standard InChI is InChI=1S/C20H23NO5/c1-2-25-18(23)20(15-22,13-16-9-5-3-6-10-16)21-19(24)26-14-17-11-7-4-8-12-17/h3-12,22H,2,13-15H2,1H3,(H,21,24)/t20-/m0/s1. The van der Waals surface area contributed by atoms with Crippen molar-refractivity contribution in [2.24, 2.45) is 0 Å². The predicted molar refractivity (Wildman–Crippen MR) is 96.4 cm³/mol. The highest BCUT2D eigenvalue weighted by atomic mass is 16.6. The van der Waals surface area contributed by atoms with Crippen molar-refractivity contribution in [1.82, 2.24) is 5.32 Å². The van der Waals surface area contributed by atoms with E-state index >= 15 is 0 Å². The van der Waals surface area contributed by atoms with E-state index in [2.05, 4.69) is 5.32 Å². The molecule has 2 aromatic rings. The van der Waals surface area contributed by atoms with E-state index in [0.29, 0.717) is 0 Å². The van der Waals surface area contributed by atoms with Gasteiger partial charge in [-0.3, -0.25) is 0 Å². The molecule has 0 heterocycles. The van der Waals surface area contributed by atoms with Crippen molar-refractivity contribution < 1.29 is 24.2 Å². The van der Waals surface area contributed by atoms with Gasteiger partial charge in [0.2, 0.25) is 0 Å². The van der Waals surface area contributed by atoms with Crippen molar-refractivity contribution in [3.8, 4) is 0 Å². The molecule has 0 aliphatic rings. The van der Waals surface area contributed by atoms with Gasteiger partial charge in [-0.15, -0.1) is 0 Å². The highest BCUT2D eigenvalue weighted by Crippen LogP contribution is 2.16. The van der Waals surface area contributed by atoms with Gasteiger partial charge < -0.3 is 19.9 Å². The number of nitrogens with one attached hydrogen (secondary N) is 1. The van der Waals surface area contributed by atoms with E-state index < -0.39 is 24.2 Å². The molecule has 2 N–H and O–H groups in total. The molecule has 1 amide bonds. The number of aliphatic hydroxyl groups excluding tert-OH is 1. The van der Waals surface area contributed by atoms with E-state index in [1.165, 1.54) is 0 Å².